The van der Waals surface area contributed by atoms with E-state index in [2.05, 4.69) is 26.6 Å². The largest absolute Gasteiger partial charge is 0.351 e. The summed E-state index contributed by atoms with van der Waals surface area (Å²) in [4.78, 5) is 12.1. The van der Waals surface area contributed by atoms with Crippen molar-refractivity contribution in [2.45, 2.75) is 19.9 Å². The van der Waals surface area contributed by atoms with Crippen LogP contribution in [-0.4, -0.2) is 19.0 Å². The maximum atomic E-state index is 12.1. The topological polar surface area (TPSA) is 41.1 Å². The van der Waals surface area contributed by atoms with Gasteiger partial charge >= 0.3 is 0 Å². The van der Waals surface area contributed by atoms with E-state index in [1.165, 1.54) is 0 Å². The molecule has 1 aliphatic heterocycles. The van der Waals surface area contributed by atoms with Crippen molar-refractivity contribution < 1.29 is 4.79 Å². The molecule has 17 heavy (non-hydrogen) atoms. The summed E-state index contributed by atoms with van der Waals surface area (Å²) in [5, 5.41) is 6.25. The van der Waals surface area contributed by atoms with Gasteiger partial charge in [0.1, 0.15) is 0 Å². The Hall–Kier alpha value is -0.870. The minimum Gasteiger partial charge on any atom is -0.351 e. The number of rotatable bonds is 3. The highest BCUT2D eigenvalue weighted by Gasteiger charge is 2.35. The van der Waals surface area contributed by atoms with Crippen molar-refractivity contribution in [3.63, 3.8) is 0 Å². The van der Waals surface area contributed by atoms with Gasteiger partial charge in [-0.15, -0.1) is 0 Å². The van der Waals surface area contributed by atoms with Crippen LogP contribution in [0.4, 0.5) is 0 Å². The predicted molar refractivity (Wildman–Crippen MR) is 71.6 cm³/mol. The van der Waals surface area contributed by atoms with Crippen molar-refractivity contribution in [2.24, 2.45) is 5.41 Å². The number of carbonyl (C=O) groups is 1. The van der Waals surface area contributed by atoms with E-state index in [-0.39, 0.29) is 11.3 Å². The van der Waals surface area contributed by atoms with Gasteiger partial charge < -0.3 is 10.6 Å². The van der Waals surface area contributed by atoms with Crippen molar-refractivity contribution in [1.29, 1.82) is 0 Å². The smallest absolute Gasteiger partial charge is 0.227 e. The van der Waals surface area contributed by atoms with Crippen LogP contribution >= 0.6 is 15.9 Å². The zero-order valence-corrected chi connectivity index (χ0v) is 11.5. The second-order valence-corrected chi connectivity index (χ2v) is 5.62. The van der Waals surface area contributed by atoms with Gasteiger partial charge in [0.2, 0.25) is 5.91 Å². The van der Waals surface area contributed by atoms with Crippen molar-refractivity contribution in [3.8, 4) is 0 Å². The van der Waals surface area contributed by atoms with E-state index in [9.17, 15) is 4.79 Å². The molecular weight excluding hydrogens is 280 g/mol. The van der Waals surface area contributed by atoms with Gasteiger partial charge in [0.15, 0.2) is 0 Å². The lowest BCUT2D eigenvalue weighted by Crippen LogP contribution is -2.40. The molecule has 1 aliphatic rings. The lowest BCUT2D eigenvalue weighted by molar-refractivity contribution is -0.129. The van der Waals surface area contributed by atoms with E-state index in [1.54, 1.807) is 0 Å². The summed E-state index contributed by atoms with van der Waals surface area (Å²) in [5.74, 6) is 0.137. The third kappa shape index (κ3) is 2.87. The Morgan fingerprint density at radius 2 is 2.29 bits per heavy atom. The summed E-state index contributed by atoms with van der Waals surface area (Å²) < 4.78 is 1.04. The Morgan fingerprint density at radius 1 is 1.53 bits per heavy atom. The molecule has 0 aromatic heterocycles. The normalized spacial score (nSPS) is 23.6. The molecular formula is C13H17BrN2O. The molecule has 92 valence electrons. The second-order valence-electron chi connectivity index (χ2n) is 4.76. The molecule has 0 aliphatic carbocycles. The fourth-order valence-corrected chi connectivity index (χ4v) is 2.47. The third-order valence-electron chi connectivity index (χ3n) is 3.31. The van der Waals surface area contributed by atoms with Crippen molar-refractivity contribution in [1.82, 2.24) is 10.6 Å². The van der Waals surface area contributed by atoms with Crippen LogP contribution in [0.15, 0.2) is 28.7 Å². The van der Waals surface area contributed by atoms with Crippen LogP contribution in [0.3, 0.4) is 0 Å². The SMILES string of the molecule is CC1(C(=O)NCc2ccccc2Br)CCNC1. The van der Waals surface area contributed by atoms with Crippen LogP contribution in [-0.2, 0) is 11.3 Å². The van der Waals surface area contributed by atoms with E-state index in [4.69, 9.17) is 0 Å². The maximum Gasteiger partial charge on any atom is 0.227 e. The van der Waals surface area contributed by atoms with Crippen molar-refractivity contribution >= 4 is 21.8 Å². The number of carbonyl (C=O) groups excluding carboxylic acids is 1. The average molecular weight is 297 g/mol. The first-order valence-electron chi connectivity index (χ1n) is 5.84. The minimum absolute atomic E-state index is 0.137. The molecule has 1 aromatic rings. The first-order chi connectivity index (χ1) is 8.12. The van der Waals surface area contributed by atoms with Gasteiger partial charge in [0.25, 0.3) is 0 Å². The summed E-state index contributed by atoms with van der Waals surface area (Å²) in [7, 11) is 0. The van der Waals surface area contributed by atoms with Crippen molar-refractivity contribution in [3.05, 3.63) is 34.3 Å². The lowest BCUT2D eigenvalue weighted by Gasteiger charge is -2.21. The van der Waals surface area contributed by atoms with Crippen LogP contribution < -0.4 is 10.6 Å². The molecule has 2 N–H and O–H groups in total. The molecule has 1 saturated heterocycles. The summed E-state index contributed by atoms with van der Waals surface area (Å²) in [5.41, 5.74) is 0.858. The fourth-order valence-electron chi connectivity index (χ4n) is 2.04. The number of hydrogen-bond acceptors (Lipinski definition) is 2. The molecule has 0 spiro atoms. The lowest BCUT2D eigenvalue weighted by atomic mass is 9.89. The van der Waals surface area contributed by atoms with Gasteiger partial charge in [-0.05, 0) is 31.5 Å². The average Bonchev–Trinajstić information content (AvgIpc) is 2.76. The second kappa shape index (κ2) is 5.19. The van der Waals surface area contributed by atoms with Gasteiger partial charge in [-0.1, -0.05) is 34.1 Å². The van der Waals surface area contributed by atoms with Crippen molar-refractivity contribution in [2.75, 3.05) is 13.1 Å². The number of nitrogens with one attached hydrogen (secondary N) is 2. The Bertz CT molecular complexity index is 414. The van der Waals surface area contributed by atoms with Gasteiger partial charge in [-0.2, -0.15) is 0 Å². The standard InChI is InChI=1S/C13H17BrN2O/c1-13(6-7-15-9-13)12(17)16-8-10-4-2-3-5-11(10)14/h2-5,15H,6-9H2,1H3,(H,16,17). The quantitative estimate of drug-likeness (QED) is 0.896. The van der Waals surface area contributed by atoms with Gasteiger partial charge in [-0.3, -0.25) is 4.79 Å². The van der Waals surface area contributed by atoms with E-state index in [0.717, 1.165) is 29.5 Å². The molecule has 1 unspecified atom stereocenters. The first kappa shape index (κ1) is 12.6. The molecule has 0 saturated carbocycles. The highest BCUT2D eigenvalue weighted by molar-refractivity contribution is 9.10. The minimum atomic E-state index is -0.249. The molecule has 1 heterocycles. The molecule has 1 fully saturated rings. The number of benzene rings is 1. The molecule has 1 amide bonds. The van der Waals surface area contributed by atoms with Gasteiger partial charge in [0.05, 0.1) is 5.41 Å². The van der Waals surface area contributed by atoms with Crippen LogP contribution in [0.25, 0.3) is 0 Å². The fraction of sp³-hybridized carbons (Fsp3) is 0.462. The number of hydrogen-bond donors (Lipinski definition) is 2. The zero-order valence-electron chi connectivity index (χ0n) is 9.92. The van der Waals surface area contributed by atoms with Crippen LogP contribution in [0.1, 0.15) is 18.9 Å². The van der Waals surface area contributed by atoms with Crippen LogP contribution in [0.5, 0.6) is 0 Å². The monoisotopic (exact) mass is 296 g/mol. The molecule has 1 aromatic carbocycles. The number of halogens is 1. The van der Waals surface area contributed by atoms with Crippen LogP contribution in [0, 0.1) is 5.41 Å². The first-order valence-corrected chi connectivity index (χ1v) is 6.63. The van der Waals surface area contributed by atoms with E-state index in [0.29, 0.717) is 6.54 Å². The molecule has 3 nitrogen and oxygen atoms in total. The molecule has 0 radical (unpaired) electrons. The maximum absolute atomic E-state index is 12.1. The Morgan fingerprint density at radius 3 is 2.94 bits per heavy atom. The predicted octanol–water partition coefficient (Wildman–Crippen LogP) is 2.06. The third-order valence-corrected chi connectivity index (χ3v) is 4.09. The van der Waals surface area contributed by atoms with Crippen LogP contribution in [0.2, 0.25) is 0 Å². The van der Waals surface area contributed by atoms with E-state index < -0.39 is 0 Å². The summed E-state index contributed by atoms with van der Waals surface area (Å²) in [6, 6.07) is 7.95. The molecule has 0 bridgehead atoms. The Balaban J connectivity index is 1.94. The van der Waals surface area contributed by atoms with E-state index in [1.807, 2.05) is 31.2 Å². The molecule has 2 rings (SSSR count). The highest BCUT2D eigenvalue weighted by Crippen LogP contribution is 2.25. The summed E-state index contributed by atoms with van der Waals surface area (Å²) >= 11 is 3.48. The number of amides is 1. The zero-order chi connectivity index (χ0) is 12.3. The van der Waals surface area contributed by atoms with Gasteiger partial charge in [-0.25, -0.2) is 0 Å². The Kier molecular flexibility index (Phi) is 3.84. The molecule has 1 atom stereocenters. The Labute approximate surface area is 110 Å². The summed E-state index contributed by atoms with van der Waals surface area (Å²) in [6.07, 6.45) is 0.912. The van der Waals surface area contributed by atoms with E-state index >= 15 is 0 Å². The molecule has 4 heteroatoms. The highest BCUT2D eigenvalue weighted by atomic mass is 79.9. The summed E-state index contributed by atoms with van der Waals surface area (Å²) in [6.45, 7) is 4.30. The van der Waals surface area contributed by atoms with Gasteiger partial charge in [0, 0.05) is 17.6 Å².